The quantitative estimate of drug-likeness (QED) is 0.912. The highest BCUT2D eigenvalue weighted by molar-refractivity contribution is 9.10. The Labute approximate surface area is 104 Å². The first-order chi connectivity index (χ1) is 7.63. The molecule has 4 nitrogen and oxygen atoms in total. The molecular weight excluding hydrogens is 303 g/mol. The lowest BCUT2D eigenvalue weighted by Gasteiger charge is -2.28. The molecule has 1 aromatic rings. The van der Waals surface area contributed by atoms with Crippen molar-refractivity contribution in [2.45, 2.75) is 25.6 Å². The van der Waals surface area contributed by atoms with Crippen LogP contribution in [0.3, 0.4) is 0 Å². The summed E-state index contributed by atoms with van der Waals surface area (Å²) in [5.74, 6) is -1.29. The van der Waals surface area contributed by atoms with E-state index in [0.717, 1.165) is 13.8 Å². The molecule has 1 aromatic heterocycles. The molecule has 0 radical (unpaired) electrons. The van der Waals surface area contributed by atoms with E-state index in [2.05, 4.69) is 25.9 Å². The van der Waals surface area contributed by atoms with E-state index in [1.807, 2.05) is 5.32 Å². The van der Waals surface area contributed by atoms with E-state index in [4.69, 9.17) is 0 Å². The number of amides is 1. The van der Waals surface area contributed by atoms with Gasteiger partial charge in [-0.1, -0.05) is 0 Å². The summed E-state index contributed by atoms with van der Waals surface area (Å²) in [6, 6.07) is 0. The van der Waals surface area contributed by atoms with Crippen LogP contribution in [-0.2, 0) is 0 Å². The van der Waals surface area contributed by atoms with Crippen LogP contribution in [0.1, 0.15) is 24.5 Å². The Hall–Kier alpha value is -1.18. The van der Waals surface area contributed by atoms with Gasteiger partial charge >= 0.3 is 6.18 Å². The molecule has 0 saturated heterocycles. The molecule has 1 rings (SSSR count). The standard InChI is InChI=1S/C9H9BrF3N3O/c1-8(2,9(11,12)13)16-7(17)6-14-3-5(10)4-15-6/h3-4H,1-2H3,(H,16,17). The second kappa shape index (κ2) is 4.59. The van der Waals surface area contributed by atoms with Gasteiger partial charge in [-0.05, 0) is 29.8 Å². The maximum Gasteiger partial charge on any atom is 0.410 e. The van der Waals surface area contributed by atoms with Crippen LogP contribution in [0, 0.1) is 0 Å². The van der Waals surface area contributed by atoms with Gasteiger partial charge in [-0.25, -0.2) is 9.97 Å². The summed E-state index contributed by atoms with van der Waals surface area (Å²) in [6.45, 7) is 1.73. The molecule has 1 amide bonds. The number of carbonyl (C=O) groups is 1. The molecule has 1 heterocycles. The number of halogens is 4. The average Bonchev–Trinajstić information content (AvgIpc) is 2.16. The smallest absolute Gasteiger partial charge is 0.336 e. The van der Waals surface area contributed by atoms with Crippen LogP contribution in [0.15, 0.2) is 16.9 Å². The third-order valence-electron chi connectivity index (χ3n) is 1.96. The summed E-state index contributed by atoms with van der Waals surface area (Å²) in [5.41, 5.74) is -2.33. The minimum atomic E-state index is -4.54. The van der Waals surface area contributed by atoms with Crippen LogP contribution < -0.4 is 5.32 Å². The van der Waals surface area contributed by atoms with Gasteiger partial charge < -0.3 is 5.32 Å². The number of carbonyl (C=O) groups excluding carboxylic acids is 1. The highest BCUT2D eigenvalue weighted by Gasteiger charge is 2.48. The highest BCUT2D eigenvalue weighted by Crippen LogP contribution is 2.29. The van der Waals surface area contributed by atoms with Crippen molar-refractivity contribution in [2.75, 3.05) is 0 Å². The number of alkyl halides is 3. The third kappa shape index (κ3) is 3.39. The molecule has 17 heavy (non-hydrogen) atoms. The minimum Gasteiger partial charge on any atom is -0.336 e. The second-order valence-corrected chi connectivity index (χ2v) is 4.72. The molecule has 0 saturated carbocycles. The van der Waals surface area contributed by atoms with Crippen molar-refractivity contribution >= 4 is 21.8 Å². The van der Waals surface area contributed by atoms with Crippen LogP contribution >= 0.6 is 15.9 Å². The first kappa shape index (κ1) is 13.9. The molecule has 0 fully saturated rings. The molecule has 0 atom stereocenters. The van der Waals surface area contributed by atoms with Crippen LogP contribution in [-0.4, -0.2) is 27.6 Å². The normalized spacial score (nSPS) is 12.4. The highest BCUT2D eigenvalue weighted by atomic mass is 79.9. The molecule has 0 unspecified atom stereocenters. The lowest BCUT2D eigenvalue weighted by atomic mass is 10.1. The number of aromatic nitrogens is 2. The zero-order chi connectivity index (χ0) is 13.3. The van der Waals surface area contributed by atoms with Crippen molar-refractivity contribution < 1.29 is 18.0 Å². The van der Waals surface area contributed by atoms with Gasteiger partial charge in [0, 0.05) is 12.4 Å². The first-order valence-corrected chi connectivity index (χ1v) is 5.29. The number of rotatable bonds is 2. The Kier molecular flexibility index (Phi) is 3.75. The van der Waals surface area contributed by atoms with E-state index in [1.54, 1.807) is 0 Å². The topological polar surface area (TPSA) is 54.9 Å². The number of hydrogen-bond acceptors (Lipinski definition) is 3. The van der Waals surface area contributed by atoms with Gasteiger partial charge in [-0.3, -0.25) is 4.79 Å². The monoisotopic (exact) mass is 311 g/mol. The Balaban J connectivity index is 2.83. The summed E-state index contributed by atoms with van der Waals surface area (Å²) in [7, 11) is 0. The van der Waals surface area contributed by atoms with Crippen LogP contribution in [0.25, 0.3) is 0 Å². The minimum absolute atomic E-state index is 0.314. The molecule has 0 aliphatic rings. The largest absolute Gasteiger partial charge is 0.410 e. The fraction of sp³-hybridized carbons (Fsp3) is 0.444. The van der Waals surface area contributed by atoms with Crippen molar-refractivity contribution in [2.24, 2.45) is 0 Å². The van der Waals surface area contributed by atoms with Crippen LogP contribution in [0.2, 0.25) is 0 Å². The fourth-order valence-electron chi connectivity index (χ4n) is 0.840. The summed E-state index contributed by atoms with van der Waals surface area (Å²) < 4.78 is 38.1. The van der Waals surface area contributed by atoms with E-state index in [9.17, 15) is 18.0 Å². The van der Waals surface area contributed by atoms with Gasteiger partial charge in [0.15, 0.2) is 0 Å². The lowest BCUT2D eigenvalue weighted by molar-refractivity contribution is -0.182. The predicted octanol–water partition coefficient (Wildman–Crippen LogP) is 2.31. The van der Waals surface area contributed by atoms with E-state index < -0.39 is 17.6 Å². The number of nitrogens with one attached hydrogen (secondary N) is 1. The molecule has 0 bridgehead atoms. The van der Waals surface area contributed by atoms with E-state index in [0.29, 0.717) is 4.47 Å². The molecule has 94 valence electrons. The Morgan fingerprint density at radius 3 is 2.18 bits per heavy atom. The molecule has 1 N–H and O–H groups in total. The van der Waals surface area contributed by atoms with Crippen molar-refractivity contribution in [3.8, 4) is 0 Å². The summed E-state index contributed by atoms with van der Waals surface area (Å²) >= 11 is 3.05. The number of nitrogens with zero attached hydrogens (tertiary/aromatic N) is 2. The Morgan fingerprint density at radius 1 is 1.29 bits per heavy atom. The number of hydrogen-bond donors (Lipinski definition) is 1. The lowest BCUT2D eigenvalue weighted by Crippen LogP contribution is -2.54. The van der Waals surface area contributed by atoms with E-state index >= 15 is 0 Å². The Morgan fingerprint density at radius 2 is 1.76 bits per heavy atom. The van der Waals surface area contributed by atoms with E-state index in [-0.39, 0.29) is 5.82 Å². The van der Waals surface area contributed by atoms with Gasteiger partial charge in [0.1, 0.15) is 5.54 Å². The van der Waals surface area contributed by atoms with Crippen molar-refractivity contribution in [3.05, 3.63) is 22.7 Å². The zero-order valence-corrected chi connectivity index (χ0v) is 10.6. The maximum absolute atomic E-state index is 12.5. The van der Waals surface area contributed by atoms with Gasteiger partial charge in [0.05, 0.1) is 4.47 Å². The van der Waals surface area contributed by atoms with Crippen molar-refractivity contribution in [3.63, 3.8) is 0 Å². The summed E-state index contributed by atoms with van der Waals surface area (Å²) in [4.78, 5) is 18.7. The van der Waals surface area contributed by atoms with Gasteiger partial charge in [0.25, 0.3) is 5.91 Å². The third-order valence-corrected chi connectivity index (χ3v) is 2.37. The molecular formula is C9H9BrF3N3O. The van der Waals surface area contributed by atoms with Gasteiger partial charge in [0.2, 0.25) is 5.82 Å². The van der Waals surface area contributed by atoms with Crippen molar-refractivity contribution in [1.29, 1.82) is 0 Å². The summed E-state index contributed by atoms with van der Waals surface area (Å²) in [5, 5.41) is 1.83. The first-order valence-electron chi connectivity index (χ1n) is 4.50. The molecule has 0 aliphatic heterocycles. The molecule has 0 spiro atoms. The fourth-order valence-corrected chi connectivity index (χ4v) is 1.04. The van der Waals surface area contributed by atoms with Gasteiger partial charge in [-0.2, -0.15) is 13.2 Å². The maximum atomic E-state index is 12.5. The predicted molar refractivity (Wildman–Crippen MR) is 57.3 cm³/mol. The molecule has 0 aromatic carbocycles. The average molecular weight is 312 g/mol. The van der Waals surface area contributed by atoms with E-state index in [1.165, 1.54) is 12.4 Å². The van der Waals surface area contributed by atoms with Crippen LogP contribution in [0.5, 0.6) is 0 Å². The summed E-state index contributed by atoms with van der Waals surface area (Å²) in [6.07, 6.45) is -1.98. The molecule has 8 heteroatoms. The van der Waals surface area contributed by atoms with Crippen LogP contribution in [0.4, 0.5) is 13.2 Å². The van der Waals surface area contributed by atoms with Crippen molar-refractivity contribution in [1.82, 2.24) is 15.3 Å². The SMILES string of the molecule is CC(C)(NC(=O)c1ncc(Br)cn1)C(F)(F)F. The van der Waals surface area contributed by atoms with Gasteiger partial charge in [-0.15, -0.1) is 0 Å². The molecule has 0 aliphatic carbocycles. The Bertz CT molecular complexity index is 416. The second-order valence-electron chi connectivity index (χ2n) is 3.80. The zero-order valence-electron chi connectivity index (χ0n) is 8.97.